The first-order valence-electron chi connectivity index (χ1n) is 6.91. The SMILES string of the molecule is NC(=O)[C@]1(O)CCN(C(=O)c2ccc(F)c3ccccc23)C1. The van der Waals surface area contributed by atoms with Crippen LogP contribution >= 0.6 is 0 Å². The predicted octanol–water partition coefficient (Wildman–Crippen LogP) is 1.04. The number of likely N-dealkylation sites (tertiary alicyclic amines) is 1. The number of hydrogen-bond acceptors (Lipinski definition) is 3. The Balaban J connectivity index is 1.98. The molecule has 0 bridgehead atoms. The van der Waals surface area contributed by atoms with Gasteiger partial charge in [0.15, 0.2) is 5.60 Å². The number of carbonyl (C=O) groups is 2. The van der Waals surface area contributed by atoms with Gasteiger partial charge in [-0.25, -0.2) is 4.39 Å². The van der Waals surface area contributed by atoms with Crippen molar-refractivity contribution in [2.45, 2.75) is 12.0 Å². The number of primary amides is 1. The summed E-state index contributed by atoms with van der Waals surface area (Å²) in [5.74, 6) is -1.60. The third kappa shape index (κ3) is 2.21. The van der Waals surface area contributed by atoms with Crippen LogP contribution in [0.4, 0.5) is 4.39 Å². The van der Waals surface area contributed by atoms with Crippen molar-refractivity contribution in [2.24, 2.45) is 5.73 Å². The third-order valence-corrected chi connectivity index (χ3v) is 4.09. The summed E-state index contributed by atoms with van der Waals surface area (Å²) in [5.41, 5.74) is 3.82. The monoisotopic (exact) mass is 302 g/mol. The fourth-order valence-electron chi connectivity index (χ4n) is 2.79. The molecule has 1 saturated heterocycles. The number of β-amino-alcohol motifs (C(OH)–C–C–N with tert-alkyl or cyclic N) is 1. The maximum atomic E-state index is 13.8. The van der Waals surface area contributed by atoms with E-state index in [2.05, 4.69) is 0 Å². The molecule has 0 unspecified atom stereocenters. The van der Waals surface area contributed by atoms with E-state index < -0.39 is 17.3 Å². The van der Waals surface area contributed by atoms with E-state index in [0.29, 0.717) is 16.3 Å². The number of benzene rings is 2. The van der Waals surface area contributed by atoms with Gasteiger partial charge in [-0.2, -0.15) is 0 Å². The quantitative estimate of drug-likeness (QED) is 0.869. The van der Waals surface area contributed by atoms with Crippen LogP contribution in [0, 0.1) is 5.82 Å². The Labute approximate surface area is 126 Å². The average molecular weight is 302 g/mol. The Kier molecular flexibility index (Phi) is 3.33. The fraction of sp³-hybridized carbons (Fsp3) is 0.250. The molecule has 0 aliphatic carbocycles. The molecular formula is C16H15FN2O3. The number of fused-ring (bicyclic) bond motifs is 1. The standard InChI is InChI=1S/C16H15FN2O3/c17-13-6-5-12(10-3-1-2-4-11(10)13)14(20)19-8-7-16(22,9-19)15(18)21/h1-6,22H,7-9H2,(H2,18,21)/t16-/m0/s1. The van der Waals surface area contributed by atoms with E-state index in [-0.39, 0.29) is 25.4 Å². The van der Waals surface area contributed by atoms with Crippen LogP contribution in [0.5, 0.6) is 0 Å². The van der Waals surface area contributed by atoms with Gasteiger partial charge in [0.2, 0.25) is 0 Å². The van der Waals surface area contributed by atoms with Gasteiger partial charge < -0.3 is 15.7 Å². The maximum absolute atomic E-state index is 13.8. The number of aliphatic hydroxyl groups is 1. The highest BCUT2D eigenvalue weighted by molar-refractivity contribution is 6.07. The van der Waals surface area contributed by atoms with E-state index in [1.807, 2.05) is 0 Å². The molecule has 0 saturated carbocycles. The Morgan fingerprint density at radius 1 is 1.18 bits per heavy atom. The summed E-state index contributed by atoms with van der Waals surface area (Å²) < 4.78 is 13.8. The van der Waals surface area contributed by atoms with Gasteiger partial charge in [-0.05, 0) is 17.5 Å². The fourth-order valence-corrected chi connectivity index (χ4v) is 2.79. The topological polar surface area (TPSA) is 83.6 Å². The number of nitrogens with zero attached hydrogens (tertiary/aromatic N) is 1. The van der Waals surface area contributed by atoms with E-state index in [4.69, 9.17) is 5.73 Å². The second kappa shape index (κ2) is 5.06. The van der Waals surface area contributed by atoms with Gasteiger partial charge in [-0.3, -0.25) is 9.59 Å². The van der Waals surface area contributed by atoms with Gasteiger partial charge in [-0.15, -0.1) is 0 Å². The Hall–Kier alpha value is -2.47. The van der Waals surface area contributed by atoms with E-state index in [1.54, 1.807) is 24.3 Å². The summed E-state index contributed by atoms with van der Waals surface area (Å²) in [7, 11) is 0. The lowest BCUT2D eigenvalue weighted by atomic mass is 10.0. The lowest BCUT2D eigenvalue weighted by Gasteiger charge is -2.20. The molecule has 0 radical (unpaired) electrons. The molecule has 1 fully saturated rings. The second-order valence-corrected chi connectivity index (χ2v) is 5.51. The van der Waals surface area contributed by atoms with Crippen LogP contribution in [0.3, 0.4) is 0 Å². The smallest absolute Gasteiger partial charge is 0.254 e. The van der Waals surface area contributed by atoms with Crippen molar-refractivity contribution in [1.82, 2.24) is 4.90 Å². The number of carbonyl (C=O) groups excluding carboxylic acids is 2. The van der Waals surface area contributed by atoms with Gasteiger partial charge in [0.1, 0.15) is 5.82 Å². The molecule has 0 spiro atoms. The molecule has 1 heterocycles. The van der Waals surface area contributed by atoms with E-state index >= 15 is 0 Å². The molecule has 22 heavy (non-hydrogen) atoms. The summed E-state index contributed by atoms with van der Waals surface area (Å²) >= 11 is 0. The van der Waals surface area contributed by atoms with Gasteiger partial charge in [0.05, 0.1) is 6.54 Å². The van der Waals surface area contributed by atoms with Crippen molar-refractivity contribution < 1.29 is 19.1 Å². The van der Waals surface area contributed by atoms with Crippen molar-refractivity contribution >= 4 is 22.6 Å². The first-order chi connectivity index (χ1) is 10.4. The van der Waals surface area contributed by atoms with Gasteiger partial charge in [0, 0.05) is 23.9 Å². The van der Waals surface area contributed by atoms with E-state index in [0.717, 1.165) is 0 Å². The van der Waals surface area contributed by atoms with Crippen molar-refractivity contribution in [3.63, 3.8) is 0 Å². The van der Waals surface area contributed by atoms with Crippen molar-refractivity contribution in [2.75, 3.05) is 13.1 Å². The second-order valence-electron chi connectivity index (χ2n) is 5.51. The largest absolute Gasteiger partial charge is 0.378 e. The first-order valence-corrected chi connectivity index (χ1v) is 6.91. The Morgan fingerprint density at radius 2 is 1.86 bits per heavy atom. The van der Waals surface area contributed by atoms with E-state index in [9.17, 15) is 19.1 Å². The van der Waals surface area contributed by atoms with Crippen molar-refractivity contribution in [3.05, 3.63) is 47.8 Å². The third-order valence-electron chi connectivity index (χ3n) is 4.09. The maximum Gasteiger partial charge on any atom is 0.254 e. The average Bonchev–Trinajstić information content (AvgIpc) is 2.91. The molecule has 5 nitrogen and oxygen atoms in total. The summed E-state index contributed by atoms with van der Waals surface area (Å²) in [4.78, 5) is 25.3. The van der Waals surface area contributed by atoms with Crippen LogP contribution in [0.15, 0.2) is 36.4 Å². The zero-order valence-electron chi connectivity index (χ0n) is 11.8. The molecule has 2 aromatic carbocycles. The van der Waals surface area contributed by atoms with Crippen LogP contribution in [0.25, 0.3) is 10.8 Å². The number of hydrogen-bond donors (Lipinski definition) is 2. The minimum atomic E-state index is -1.69. The molecule has 0 aromatic heterocycles. The zero-order valence-corrected chi connectivity index (χ0v) is 11.8. The van der Waals surface area contributed by atoms with Crippen LogP contribution in [0.1, 0.15) is 16.8 Å². The van der Waals surface area contributed by atoms with Crippen LogP contribution in [-0.2, 0) is 4.79 Å². The molecule has 2 amide bonds. The highest BCUT2D eigenvalue weighted by Gasteiger charge is 2.43. The number of nitrogens with two attached hydrogens (primary N) is 1. The zero-order chi connectivity index (χ0) is 15.9. The molecule has 3 N–H and O–H groups in total. The molecule has 3 rings (SSSR count). The number of halogens is 1. The van der Waals surface area contributed by atoms with Crippen LogP contribution in [0.2, 0.25) is 0 Å². The molecule has 1 atom stereocenters. The number of amides is 2. The van der Waals surface area contributed by atoms with Gasteiger partial charge >= 0.3 is 0 Å². The Morgan fingerprint density at radius 3 is 2.50 bits per heavy atom. The minimum absolute atomic E-state index is 0.104. The van der Waals surface area contributed by atoms with Crippen LogP contribution < -0.4 is 5.73 Å². The Bertz CT molecular complexity index is 777. The number of rotatable bonds is 2. The lowest BCUT2D eigenvalue weighted by Crippen LogP contribution is -2.46. The van der Waals surface area contributed by atoms with Crippen LogP contribution in [-0.4, -0.2) is 40.5 Å². The predicted molar refractivity (Wildman–Crippen MR) is 78.6 cm³/mol. The van der Waals surface area contributed by atoms with Crippen molar-refractivity contribution in [1.29, 1.82) is 0 Å². The first kappa shape index (κ1) is 14.5. The molecule has 1 aliphatic rings. The van der Waals surface area contributed by atoms with Gasteiger partial charge in [-0.1, -0.05) is 24.3 Å². The summed E-state index contributed by atoms with van der Waals surface area (Å²) in [6.45, 7) is 0.0802. The van der Waals surface area contributed by atoms with E-state index in [1.165, 1.54) is 17.0 Å². The summed E-state index contributed by atoms with van der Waals surface area (Å²) in [6.07, 6.45) is 0.104. The molecule has 114 valence electrons. The molecule has 6 heteroatoms. The van der Waals surface area contributed by atoms with Crippen molar-refractivity contribution in [3.8, 4) is 0 Å². The highest BCUT2D eigenvalue weighted by atomic mass is 19.1. The van der Waals surface area contributed by atoms with Gasteiger partial charge in [0.25, 0.3) is 11.8 Å². The highest BCUT2D eigenvalue weighted by Crippen LogP contribution is 2.27. The molecule has 1 aliphatic heterocycles. The minimum Gasteiger partial charge on any atom is -0.378 e. The lowest BCUT2D eigenvalue weighted by molar-refractivity contribution is -0.134. The summed E-state index contributed by atoms with van der Waals surface area (Å²) in [5, 5.41) is 10.9. The molecule has 2 aromatic rings. The normalized spacial score (nSPS) is 21.3. The molecular weight excluding hydrogens is 287 g/mol. The summed E-state index contributed by atoms with van der Waals surface area (Å²) in [6, 6.07) is 9.35.